The molecule has 25 heavy (non-hydrogen) atoms. The molecule has 2 heterocycles. The van der Waals surface area contributed by atoms with Crippen LogP contribution in [0.15, 0.2) is 47.2 Å². The average Bonchev–Trinajstić information content (AvgIpc) is 2.94. The van der Waals surface area contributed by atoms with E-state index in [1.54, 1.807) is 18.3 Å². The highest BCUT2D eigenvalue weighted by molar-refractivity contribution is 7.71. The van der Waals surface area contributed by atoms with Gasteiger partial charge in [-0.25, -0.2) is 4.57 Å². The molecule has 0 amide bonds. The maximum atomic E-state index is 12.5. The minimum Gasteiger partial charge on any atom is -0.442 e. The number of fused-ring (bicyclic) bond motifs is 1. The van der Waals surface area contributed by atoms with Gasteiger partial charge in [0.15, 0.2) is 5.58 Å². The molecule has 0 unspecified atom stereocenters. The molecule has 0 radical (unpaired) electrons. The van der Waals surface area contributed by atoms with Gasteiger partial charge in [-0.1, -0.05) is 24.6 Å². The van der Waals surface area contributed by atoms with Gasteiger partial charge in [-0.3, -0.25) is 9.78 Å². The van der Waals surface area contributed by atoms with Gasteiger partial charge in [0, 0.05) is 12.3 Å². The van der Waals surface area contributed by atoms with Crippen molar-refractivity contribution in [2.24, 2.45) is 0 Å². The van der Waals surface area contributed by atoms with E-state index < -0.39 is 0 Å². The number of rotatable bonds is 4. The molecule has 0 aliphatic rings. The van der Waals surface area contributed by atoms with Crippen LogP contribution < -0.4 is 0 Å². The number of allylic oxidation sites excluding steroid dienone is 1. The predicted octanol–water partition coefficient (Wildman–Crippen LogP) is 4.13. The van der Waals surface area contributed by atoms with Crippen LogP contribution in [0.25, 0.3) is 17.2 Å². The molecule has 0 spiro atoms. The molecule has 0 bridgehead atoms. The van der Waals surface area contributed by atoms with Crippen LogP contribution in [0.1, 0.15) is 21.5 Å². The Morgan fingerprint density at radius 2 is 2.32 bits per heavy atom. The van der Waals surface area contributed by atoms with E-state index in [0.717, 1.165) is 16.7 Å². The molecule has 2 aromatic heterocycles. The second-order valence-corrected chi connectivity index (χ2v) is 5.66. The number of terminal acetylenes is 1. The van der Waals surface area contributed by atoms with Gasteiger partial charge in [0.25, 0.3) is 10.7 Å². The molecule has 0 aliphatic carbocycles. The molecule has 3 rings (SSSR count). The summed E-state index contributed by atoms with van der Waals surface area (Å²) in [5.74, 6) is -0.285. The van der Waals surface area contributed by atoms with Crippen molar-refractivity contribution in [1.82, 2.24) is 9.55 Å². The van der Waals surface area contributed by atoms with E-state index in [1.165, 1.54) is 16.8 Å². The third kappa shape index (κ3) is 3.52. The predicted molar refractivity (Wildman–Crippen MR) is 97.3 cm³/mol. The zero-order chi connectivity index (χ0) is 17.8. The average molecular weight is 350 g/mol. The fourth-order valence-electron chi connectivity index (χ4n) is 2.43. The van der Waals surface area contributed by atoms with Crippen molar-refractivity contribution in [3.8, 4) is 12.5 Å². The van der Waals surface area contributed by atoms with E-state index in [1.807, 2.05) is 25.1 Å². The third-order valence-corrected chi connectivity index (χ3v) is 3.97. The Morgan fingerprint density at radius 3 is 3.08 bits per heavy atom. The minimum atomic E-state index is -0.285. The highest BCUT2D eigenvalue weighted by Gasteiger charge is 2.11. The van der Waals surface area contributed by atoms with E-state index in [-0.39, 0.29) is 10.7 Å². The normalized spacial score (nSPS) is 10.9. The first-order valence-corrected chi connectivity index (χ1v) is 7.86. The van der Waals surface area contributed by atoms with Gasteiger partial charge in [-0.05, 0) is 48.0 Å². The van der Waals surface area contributed by atoms with E-state index in [9.17, 15) is 4.79 Å². The summed E-state index contributed by atoms with van der Waals surface area (Å²) in [5, 5.41) is 0. The summed E-state index contributed by atoms with van der Waals surface area (Å²) in [5.41, 5.74) is 3.98. The van der Waals surface area contributed by atoms with Crippen LogP contribution in [0.4, 0.5) is 0 Å². The van der Waals surface area contributed by atoms with Crippen molar-refractivity contribution in [1.29, 1.82) is 0 Å². The van der Waals surface area contributed by atoms with Gasteiger partial charge in [0.1, 0.15) is 12.7 Å². The highest BCUT2D eigenvalue weighted by Crippen LogP contribution is 2.17. The van der Waals surface area contributed by atoms with E-state index in [0.29, 0.717) is 17.7 Å². The number of oxazole rings is 1. The molecule has 0 atom stereocenters. The summed E-state index contributed by atoms with van der Waals surface area (Å²) in [4.78, 5) is 16.5. The van der Waals surface area contributed by atoms with Crippen LogP contribution in [0.5, 0.6) is 0 Å². The van der Waals surface area contributed by atoms with E-state index in [2.05, 4.69) is 11.1 Å². The Kier molecular flexibility index (Phi) is 4.78. The molecule has 3 aromatic rings. The van der Waals surface area contributed by atoms with Gasteiger partial charge in [-0.15, -0.1) is 0 Å². The standard InChI is InChI=1S/C19H14N2O3S/c1-3-23-12-15-6-4-14(10-13(15)2)5-7-18(22)21-16-8-9-20-11-17(16)24-19(21)25/h1,4-11H,12H2,2H3/b7-5+. The number of carbonyl (C=O) groups excluding carboxylic acids is 1. The molecule has 124 valence electrons. The Bertz CT molecular complexity index is 1070. The molecule has 1 aromatic carbocycles. The fourth-order valence-corrected chi connectivity index (χ4v) is 2.71. The van der Waals surface area contributed by atoms with Crippen molar-refractivity contribution in [2.75, 3.05) is 0 Å². The lowest BCUT2D eigenvalue weighted by molar-refractivity contribution is 0.0969. The quantitative estimate of drug-likeness (QED) is 0.402. The summed E-state index contributed by atoms with van der Waals surface area (Å²) in [6, 6.07) is 7.45. The maximum absolute atomic E-state index is 12.5. The first kappa shape index (κ1) is 16.7. The smallest absolute Gasteiger partial charge is 0.276 e. The largest absolute Gasteiger partial charge is 0.442 e. The zero-order valence-corrected chi connectivity index (χ0v) is 14.2. The van der Waals surface area contributed by atoms with Crippen molar-refractivity contribution >= 4 is 35.3 Å². The number of carbonyl (C=O) groups is 1. The molecule has 5 nitrogen and oxygen atoms in total. The Balaban J connectivity index is 1.85. The van der Waals surface area contributed by atoms with Crippen LogP contribution in [0, 0.1) is 24.3 Å². The van der Waals surface area contributed by atoms with Crippen molar-refractivity contribution in [2.45, 2.75) is 13.5 Å². The second-order valence-electron chi connectivity index (χ2n) is 5.31. The number of nitrogens with zero attached hydrogens (tertiary/aromatic N) is 2. The lowest BCUT2D eigenvalue weighted by atomic mass is 10.1. The Hall–Kier alpha value is -3.17. The molecule has 0 aliphatic heterocycles. The van der Waals surface area contributed by atoms with Gasteiger partial charge < -0.3 is 9.15 Å². The topological polar surface area (TPSA) is 57.3 Å². The molecule has 0 N–H and O–H groups in total. The summed E-state index contributed by atoms with van der Waals surface area (Å²) in [6.07, 6.45) is 13.5. The molecule has 0 saturated heterocycles. The lowest BCUT2D eigenvalue weighted by Crippen LogP contribution is -2.06. The van der Waals surface area contributed by atoms with Crippen molar-refractivity contribution in [3.05, 3.63) is 64.3 Å². The number of hydrogen-bond donors (Lipinski definition) is 0. The second kappa shape index (κ2) is 7.16. The number of pyridine rings is 1. The molecular weight excluding hydrogens is 336 g/mol. The number of aryl methyl sites for hydroxylation is 1. The summed E-state index contributed by atoms with van der Waals surface area (Å²) in [7, 11) is 0. The van der Waals surface area contributed by atoms with Crippen LogP contribution in [-0.4, -0.2) is 15.5 Å². The number of hydrogen-bond acceptors (Lipinski definition) is 5. The molecule has 6 heteroatoms. The SMILES string of the molecule is C#COCc1ccc(/C=C/C(=O)n2c(=S)oc3cnccc32)cc1C. The molecular formula is C19H14N2O3S. The first-order chi connectivity index (χ1) is 12.1. The van der Waals surface area contributed by atoms with E-state index in [4.69, 9.17) is 27.8 Å². The summed E-state index contributed by atoms with van der Waals surface area (Å²) in [6.45, 7) is 2.32. The maximum Gasteiger partial charge on any atom is 0.276 e. The zero-order valence-electron chi connectivity index (χ0n) is 13.4. The van der Waals surface area contributed by atoms with Crippen LogP contribution in [0.3, 0.4) is 0 Å². The summed E-state index contributed by atoms with van der Waals surface area (Å²) < 4.78 is 11.7. The monoisotopic (exact) mass is 350 g/mol. The Labute approximate surface area is 149 Å². The van der Waals surface area contributed by atoms with Crippen LogP contribution >= 0.6 is 12.2 Å². The van der Waals surface area contributed by atoms with Crippen molar-refractivity contribution < 1.29 is 13.9 Å². The highest BCUT2D eigenvalue weighted by atomic mass is 32.1. The number of aromatic nitrogens is 2. The van der Waals surface area contributed by atoms with Crippen LogP contribution in [0.2, 0.25) is 0 Å². The molecule has 0 fully saturated rings. The summed E-state index contributed by atoms with van der Waals surface area (Å²) >= 11 is 5.12. The fraction of sp³-hybridized carbons (Fsp3) is 0.105. The van der Waals surface area contributed by atoms with Gasteiger partial charge >= 0.3 is 0 Å². The van der Waals surface area contributed by atoms with Crippen LogP contribution in [-0.2, 0) is 11.3 Å². The van der Waals surface area contributed by atoms with Crippen molar-refractivity contribution in [3.63, 3.8) is 0 Å². The number of benzene rings is 1. The minimum absolute atomic E-state index is 0.0932. The molecule has 0 saturated carbocycles. The van der Waals surface area contributed by atoms with Gasteiger partial charge in [-0.2, -0.15) is 0 Å². The van der Waals surface area contributed by atoms with Gasteiger partial charge in [0.2, 0.25) is 0 Å². The number of ether oxygens (including phenoxy) is 1. The van der Waals surface area contributed by atoms with Gasteiger partial charge in [0.05, 0.1) is 11.7 Å². The third-order valence-electron chi connectivity index (χ3n) is 3.70. The first-order valence-electron chi connectivity index (χ1n) is 7.45. The lowest BCUT2D eigenvalue weighted by Gasteiger charge is -2.05. The van der Waals surface area contributed by atoms with E-state index >= 15 is 0 Å². The Morgan fingerprint density at radius 1 is 1.48 bits per heavy atom.